The third-order valence-corrected chi connectivity index (χ3v) is 3.46. The summed E-state index contributed by atoms with van der Waals surface area (Å²) in [6.45, 7) is 9.63. The number of oxazole rings is 1. The zero-order valence-corrected chi connectivity index (χ0v) is 13.8. The first-order valence-electron chi connectivity index (χ1n) is 7.65. The summed E-state index contributed by atoms with van der Waals surface area (Å²) < 4.78 is 11.1. The Bertz CT molecular complexity index is 610. The number of nitrogens with one attached hydrogen (secondary N) is 1. The highest BCUT2D eigenvalue weighted by molar-refractivity contribution is 5.72. The van der Waals surface area contributed by atoms with Gasteiger partial charge >= 0.3 is 6.09 Å². The summed E-state index contributed by atoms with van der Waals surface area (Å²) in [5, 5.41) is 2.88. The van der Waals surface area contributed by atoms with E-state index < -0.39 is 11.7 Å². The average Bonchev–Trinajstić information content (AvgIpc) is 2.85. The molecule has 1 amide bonds. The predicted octanol–water partition coefficient (Wildman–Crippen LogP) is 4.44. The molecule has 1 heterocycles. The van der Waals surface area contributed by atoms with E-state index >= 15 is 0 Å². The van der Waals surface area contributed by atoms with E-state index in [4.69, 9.17) is 9.15 Å². The van der Waals surface area contributed by atoms with Gasteiger partial charge in [-0.2, -0.15) is 0 Å². The van der Waals surface area contributed by atoms with Crippen molar-refractivity contribution in [1.29, 1.82) is 0 Å². The van der Waals surface area contributed by atoms with Crippen LogP contribution in [0.25, 0.3) is 11.1 Å². The lowest BCUT2D eigenvalue weighted by Crippen LogP contribution is -2.37. The number of alkyl carbamates (subject to hydrolysis) is 1. The summed E-state index contributed by atoms with van der Waals surface area (Å²) in [5.74, 6) is 0.696. The van der Waals surface area contributed by atoms with Crippen molar-refractivity contribution in [1.82, 2.24) is 10.3 Å². The number of fused-ring (bicyclic) bond motifs is 1. The van der Waals surface area contributed by atoms with Crippen molar-refractivity contribution in [2.24, 2.45) is 5.92 Å². The minimum absolute atomic E-state index is 0.181. The van der Waals surface area contributed by atoms with E-state index in [9.17, 15) is 4.79 Å². The van der Waals surface area contributed by atoms with Crippen molar-refractivity contribution in [3.63, 3.8) is 0 Å². The molecular formula is C17H24N2O3. The van der Waals surface area contributed by atoms with Gasteiger partial charge in [-0.05, 0) is 38.8 Å². The summed E-state index contributed by atoms with van der Waals surface area (Å²) in [7, 11) is 0. The summed E-state index contributed by atoms with van der Waals surface area (Å²) >= 11 is 0. The lowest BCUT2D eigenvalue weighted by molar-refractivity contribution is 0.0476. The maximum Gasteiger partial charge on any atom is 0.408 e. The smallest absolute Gasteiger partial charge is 0.408 e. The number of carbonyl (C=O) groups is 1. The Morgan fingerprint density at radius 2 is 2.05 bits per heavy atom. The molecule has 22 heavy (non-hydrogen) atoms. The molecule has 2 aromatic rings. The molecule has 1 N–H and O–H groups in total. The molecule has 1 aromatic carbocycles. The highest BCUT2D eigenvalue weighted by atomic mass is 16.6. The van der Waals surface area contributed by atoms with Crippen LogP contribution in [0.5, 0.6) is 0 Å². The highest BCUT2D eigenvalue weighted by Crippen LogP contribution is 2.27. The van der Waals surface area contributed by atoms with Crippen molar-refractivity contribution < 1.29 is 13.9 Å². The van der Waals surface area contributed by atoms with Gasteiger partial charge < -0.3 is 14.5 Å². The van der Waals surface area contributed by atoms with Gasteiger partial charge in [-0.15, -0.1) is 0 Å². The Labute approximate surface area is 131 Å². The van der Waals surface area contributed by atoms with E-state index in [1.54, 1.807) is 0 Å². The van der Waals surface area contributed by atoms with E-state index in [0.717, 1.165) is 17.5 Å². The average molecular weight is 304 g/mol. The van der Waals surface area contributed by atoms with Crippen LogP contribution in [0.4, 0.5) is 4.79 Å². The number of carbonyl (C=O) groups excluding carboxylic acids is 1. The van der Waals surface area contributed by atoms with Crippen LogP contribution in [-0.4, -0.2) is 16.7 Å². The highest BCUT2D eigenvalue weighted by Gasteiger charge is 2.27. The minimum atomic E-state index is -0.536. The SMILES string of the molecule is CCC(C)C(NC(=O)OC(C)(C)C)c1nc2ccccc2o1. The lowest BCUT2D eigenvalue weighted by Gasteiger charge is -2.25. The maximum atomic E-state index is 12.1. The molecule has 2 rings (SSSR count). The van der Waals surface area contributed by atoms with E-state index in [1.807, 2.05) is 45.0 Å². The van der Waals surface area contributed by atoms with Crippen LogP contribution >= 0.6 is 0 Å². The summed E-state index contributed by atoms with van der Waals surface area (Å²) in [5.41, 5.74) is 0.972. The van der Waals surface area contributed by atoms with Crippen molar-refractivity contribution in [3.05, 3.63) is 30.2 Å². The first kappa shape index (κ1) is 16.3. The number of para-hydroxylation sites is 2. The first-order valence-corrected chi connectivity index (χ1v) is 7.65. The molecule has 0 saturated carbocycles. The number of ether oxygens (including phenoxy) is 1. The number of hydrogen-bond donors (Lipinski definition) is 1. The Balaban J connectivity index is 2.24. The van der Waals surface area contributed by atoms with E-state index in [2.05, 4.69) is 24.1 Å². The van der Waals surface area contributed by atoms with Crippen molar-refractivity contribution >= 4 is 17.2 Å². The number of rotatable bonds is 4. The molecule has 0 aliphatic heterocycles. The third kappa shape index (κ3) is 4.00. The second-order valence-electron chi connectivity index (χ2n) is 6.53. The van der Waals surface area contributed by atoms with Crippen LogP contribution in [0.1, 0.15) is 53.0 Å². The van der Waals surface area contributed by atoms with Crippen LogP contribution < -0.4 is 5.32 Å². The van der Waals surface area contributed by atoms with E-state index in [-0.39, 0.29) is 12.0 Å². The molecular weight excluding hydrogens is 280 g/mol. The Hall–Kier alpha value is -2.04. The monoisotopic (exact) mass is 304 g/mol. The number of nitrogens with zero attached hydrogens (tertiary/aromatic N) is 1. The molecule has 0 spiro atoms. The first-order chi connectivity index (χ1) is 10.3. The zero-order valence-electron chi connectivity index (χ0n) is 13.8. The number of amides is 1. The minimum Gasteiger partial charge on any atom is -0.444 e. The number of benzene rings is 1. The van der Waals surface area contributed by atoms with E-state index in [1.165, 1.54) is 0 Å². The Morgan fingerprint density at radius 1 is 1.36 bits per heavy atom. The fourth-order valence-corrected chi connectivity index (χ4v) is 2.14. The second kappa shape index (κ2) is 6.38. The Morgan fingerprint density at radius 3 is 2.64 bits per heavy atom. The van der Waals surface area contributed by atoms with Gasteiger partial charge in [-0.1, -0.05) is 32.4 Å². The van der Waals surface area contributed by atoms with Crippen LogP contribution in [0.15, 0.2) is 28.7 Å². The summed E-state index contributed by atoms with van der Waals surface area (Å²) in [6.07, 6.45) is 0.430. The van der Waals surface area contributed by atoms with Gasteiger partial charge in [0.15, 0.2) is 5.58 Å². The van der Waals surface area contributed by atoms with Crippen molar-refractivity contribution in [3.8, 4) is 0 Å². The van der Waals surface area contributed by atoms with Gasteiger partial charge in [0.05, 0.1) is 0 Å². The fourth-order valence-electron chi connectivity index (χ4n) is 2.14. The third-order valence-electron chi connectivity index (χ3n) is 3.46. The van der Waals surface area contributed by atoms with Gasteiger partial charge in [-0.3, -0.25) is 0 Å². The molecule has 0 aliphatic rings. The quantitative estimate of drug-likeness (QED) is 0.907. The largest absolute Gasteiger partial charge is 0.444 e. The molecule has 2 unspecified atom stereocenters. The van der Waals surface area contributed by atoms with Crippen LogP contribution in [0.2, 0.25) is 0 Å². The molecule has 5 nitrogen and oxygen atoms in total. The maximum absolute atomic E-state index is 12.1. The molecule has 0 saturated heterocycles. The summed E-state index contributed by atoms with van der Waals surface area (Å²) in [4.78, 5) is 16.6. The van der Waals surface area contributed by atoms with Crippen molar-refractivity contribution in [2.75, 3.05) is 0 Å². The van der Waals surface area contributed by atoms with Gasteiger partial charge in [0.1, 0.15) is 17.2 Å². The molecule has 1 aromatic heterocycles. The molecule has 0 aliphatic carbocycles. The van der Waals surface area contributed by atoms with Crippen LogP contribution in [0, 0.1) is 5.92 Å². The Kier molecular flexibility index (Phi) is 4.74. The molecule has 0 bridgehead atoms. The molecule has 0 fully saturated rings. The fraction of sp³-hybridized carbons (Fsp3) is 0.529. The topological polar surface area (TPSA) is 64.4 Å². The molecule has 5 heteroatoms. The molecule has 2 atom stereocenters. The molecule has 0 radical (unpaired) electrons. The van der Waals surface area contributed by atoms with Crippen LogP contribution in [0.3, 0.4) is 0 Å². The predicted molar refractivity (Wildman–Crippen MR) is 85.6 cm³/mol. The second-order valence-corrected chi connectivity index (χ2v) is 6.53. The molecule has 120 valence electrons. The standard InChI is InChI=1S/C17H24N2O3/c1-6-11(2)14(19-16(20)22-17(3,4)5)15-18-12-9-7-8-10-13(12)21-15/h7-11,14H,6H2,1-5H3,(H,19,20). The van der Waals surface area contributed by atoms with E-state index in [0.29, 0.717) is 5.89 Å². The number of aromatic nitrogens is 1. The van der Waals surface area contributed by atoms with Crippen LogP contribution in [-0.2, 0) is 4.74 Å². The van der Waals surface area contributed by atoms with Gasteiger partial charge in [0.2, 0.25) is 5.89 Å². The zero-order chi connectivity index (χ0) is 16.3. The number of hydrogen-bond acceptors (Lipinski definition) is 4. The van der Waals surface area contributed by atoms with Crippen molar-refractivity contribution in [2.45, 2.75) is 52.7 Å². The van der Waals surface area contributed by atoms with Gasteiger partial charge in [-0.25, -0.2) is 9.78 Å². The van der Waals surface area contributed by atoms with Gasteiger partial charge in [0.25, 0.3) is 0 Å². The normalized spacial score (nSPS) is 14.6. The lowest BCUT2D eigenvalue weighted by atomic mass is 9.99. The summed E-state index contributed by atoms with van der Waals surface area (Å²) in [6, 6.07) is 7.26. The van der Waals surface area contributed by atoms with Gasteiger partial charge in [0, 0.05) is 0 Å².